The van der Waals surface area contributed by atoms with Crippen molar-refractivity contribution in [2.24, 2.45) is 5.73 Å². The molecule has 1 saturated carbocycles. The van der Waals surface area contributed by atoms with E-state index in [0.29, 0.717) is 6.04 Å². The number of rotatable bonds is 7. The standard InChI is InChI=1S/C15H23FN2O/c1-11(18(9-10-19-2)14-7-8-14)15(17)12-3-5-13(16)6-4-12/h3-6,11,14-15H,7-10,17H2,1-2H3. The molecular weight excluding hydrogens is 243 g/mol. The highest BCUT2D eigenvalue weighted by atomic mass is 19.1. The minimum atomic E-state index is -0.220. The van der Waals surface area contributed by atoms with E-state index in [0.717, 1.165) is 18.7 Å². The van der Waals surface area contributed by atoms with Crippen molar-refractivity contribution in [3.63, 3.8) is 0 Å². The maximum Gasteiger partial charge on any atom is 0.123 e. The SMILES string of the molecule is COCCN(C1CC1)C(C)C(N)c1ccc(F)cc1. The van der Waals surface area contributed by atoms with E-state index in [1.54, 1.807) is 19.2 Å². The number of ether oxygens (including phenoxy) is 1. The zero-order valence-electron chi connectivity index (χ0n) is 11.7. The smallest absolute Gasteiger partial charge is 0.123 e. The molecule has 0 bridgehead atoms. The van der Waals surface area contributed by atoms with Crippen molar-refractivity contribution >= 4 is 0 Å². The second-order valence-electron chi connectivity index (χ2n) is 5.28. The molecular formula is C15H23FN2O. The van der Waals surface area contributed by atoms with E-state index in [1.807, 2.05) is 0 Å². The topological polar surface area (TPSA) is 38.5 Å². The van der Waals surface area contributed by atoms with Crippen molar-refractivity contribution in [1.82, 2.24) is 4.90 Å². The summed E-state index contributed by atoms with van der Waals surface area (Å²) in [6, 6.07) is 7.26. The van der Waals surface area contributed by atoms with Gasteiger partial charge < -0.3 is 10.5 Å². The second kappa shape index (κ2) is 6.46. The van der Waals surface area contributed by atoms with Crippen molar-refractivity contribution in [1.29, 1.82) is 0 Å². The summed E-state index contributed by atoms with van der Waals surface area (Å²) in [7, 11) is 1.72. The first kappa shape index (κ1) is 14.4. The molecule has 3 nitrogen and oxygen atoms in total. The van der Waals surface area contributed by atoms with Gasteiger partial charge in [0.2, 0.25) is 0 Å². The molecule has 4 heteroatoms. The molecule has 2 atom stereocenters. The molecule has 2 unspecified atom stereocenters. The molecule has 1 aliphatic carbocycles. The summed E-state index contributed by atoms with van der Waals surface area (Å²) in [5.41, 5.74) is 7.31. The average molecular weight is 266 g/mol. The number of hydrogen-bond acceptors (Lipinski definition) is 3. The van der Waals surface area contributed by atoms with E-state index >= 15 is 0 Å². The van der Waals surface area contributed by atoms with Gasteiger partial charge in [0, 0.05) is 31.8 Å². The van der Waals surface area contributed by atoms with Crippen LogP contribution in [0.1, 0.15) is 31.4 Å². The van der Waals surface area contributed by atoms with Gasteiger partial charge >= 0.3 is 0 Å². The molecule has 1 aliphatic rings. The lowest BCUT2D eigenvalue weighted by Gasteiger charge is -2.33. The number of methoxy groups -OCH3 is 1. The zero-order chi connectivity index (χ0) is 13.8. The van der Waals surface area contributed by atoms with Crippen molar-refractivity contribution in [2.75, 3.05) is 20.3 Å². The summed E-state index contributed by atoms with van der Waals surface area (Å²) in [6.07, 6.45) is 2.48. The molecule has 2 rings (SSSR count). The molecule has 1 fully saturated rings. The third-order valence-corrected chi connectivity index (χ3v) is 3.87. The molecule has 1 aromatic rings. The zero-order valence-corrected chi connectivity index (χ0v) is 11.7. The normalized spacial score (nSPS) is 18.6. The Labute approximate surface area is 114 Å². The van der Waals surface area contributed by atoms with Crippen LogP contribution in [0.5, 0.6) is 0 Å². The van der Waals surface area contributed by atoms with E-state index < -0.39 is 0 Å². The Kier molecular flexibility index (Phi) is 4.91. The van der Waals surface area contributed by atoms with E-state index in [4.69, 9.17) is 10.5 Å². The molecule has 0 aliphatic heterocycles. The van der Waals surface area contributed by atoms with Gasteiger partial charge in [-0.1, -0.05) is 12.1 Å². The van der Waals surface area contributed by atoms with Crippen LogP contribution in [0.15, 0.2) is 24.3 Å². The number of benzene rings is 1. The monoisotopic (exact) mass is 266 g/mol. The van der Waals surface area contributed by atoms with Crippen LogP contribution in [0.2, 0.25) is 0 Å². The average Bonchev–Trinajstić information content (AvgIpc) is 3.23. The fourth-order valence-electron chi connectivity index (χ4n) is 2.49. The molecule has 0 amide bonds. The lowest BCUT2D eigenvalue weighted by atomic mass is 10.00. The van der Waals surface area contributed by atoms with Gasteiger partial charge in [-0.15, -0.1) is 0 Å². The number of nitrogens with zero attached hydrogens (tertiary/aromatic N) is 1. The van der Waals surface area contributed by atoms with Gasteiger partial charge in [0.25, 0.3) is 0 Å². The van der Waals surface area contributed by atoms with Crippen molar-refractivity contribution in [2.45, 2.75) is 37.9 Å². The van der Waals surface area contributed by atoms with Gasteiger partial charge in [-0.25, -0.2) is 4.39 Å². The van der Waals surface area contributed by atoms with Crippen LogP contribution in [-0.2, 0) is 4.74 Å². The highest BCUT2D eigenvalue weighted by Gasteiger charge is 2.34. The van der Waals surface area contributed by atoms with E-state index in [1.165, 1.54) is 25.0 Å². The predicted molar refractivity (Wildman–Crippen MR) is 74.4 cm³/mol. The second-order valence-corrected chi connectivity index (χ2v) is 5.28. The Morgan fingerprint density at radius 2 is 2.00 bits per heavy atom. The van der Waals surface area contributed by atoms with Crippen LogP contribution < -0.4 is 5.73 Å². The van der Waals surface area contributed by atoms with E-state index in [-0.39, 0.29) is 17.9 Å². The summed E-state index contributed by atoms with van der Waals surface area (Å²) in [5, 5.41) is 0. The first-order chi connectivity index (χ1) is 9.13. The Morgan fingerprint density at radius 1 is 1.37 bits per heavy atom. The fraction of sp³-hybridized carbons (Fsp3) is 0.600. The minimum absolute atomic E-state index is 0.0990. The number of nitrogens with two attached hydrogens (primary N) is 1. The molecule has 0 saturated heterocycles. The third kappa shape index (κ3) is 3.75. The number of halogens is 1. The maximum atomic E-state index is 12.9. The summed E-state index contributed by atoms with van der Waals surface area (Å²) in [5.74, 6) is -0.220. The largest absolute Gasteiger partial charge is 0.383 e. The molecule has 0 heterocycles. The van der Waals surface area contributed by atoms with Crippen LogP contribution in [-0.4, -0.2) is 37.2 Å². The molecule has 106 valence electrons. The molecule has 0 aromatic heterocycles. The van der Waals surface area contributed by atoms with Crippen molar-refractivity contribution in [3.8, 4) is 0 Å². The van der Waals surface area contributed by atoms with Gasteiger partial charge in [-0.2, -0.15) is 0 Å². The Balaban J connectivity index is 2.03. The Bertz CT molecular complexity index is 392. The molecule has 2 N–H and O–H groups in total. The lowest BCUT2D eigenvalue weighted by Crippen LogP contribution is -2.43. The summed E-state index contributed by atoms with van der Waals surface area (Å²) >= 11 is 0. The maximum absolute atomic E-state index is 12.9. The van der Waals surface area contributed by atoms with Crippen molar-refractivity contribution in [3.05, 3.63) is 35.6 Å². The first-order valence-electron chi connectivity index (χ1n) is 6.89. The van der Waals surface area contributed by atoms with Gasteiger partial charge in [-0.05, 0) is 37.5 Å². The van der Waals surface area contributed by atoms with Gasteiger partial charge in [0.15, 0.2) is 0 Å². The van der Waals surface area contributed by atoms with Crippen LogP contribution in [0.25, 0.3) is 0 Å². The van der Waals surface area contributed by atoms with Crippen LogP contribution in [0.3, 0.4) is 0 Å². The first-order valence-corrected chi connectivity index (χ1v) is 6.89. The van der Waals surface area contributed by atoms with Crippen molar-refractivity contribution < 1.29 is 9.13 Å². The lowest BCUT2D eigenvalue weighted by molar-refractivity contribution is 0.109. The number of hydrogen-bond donors (Lipinski definition) is 1. The summed E-state index contributed by atoms with van der Waals surface area (Å²) in [4.78, 5) is 2.41. The van der Waals surface area contributed by atoms with Gasteiger partial charge in [0.1, 0.15) is 5.82 Å². The van der Waals surface area contributed by atoms with E-state index in [2.05, 4.69) is 11.8 Å². The highest BCUT2D eigenvalue weighted by Crippen LogP contribution is 2.31. The van der Waals surface area contributed by atoms with Crippen LogP contribution in [0.4, 0.5) is 4.39 Å². The molecule has 0 radical (unpaired) electrons. The molecule has 0 spiro atoms. The fourth-order valence-corrected chi connectivity index (χ4v) is 2.49. The summed E-state index contributed by atoms with van der Waals surface area (Å²) in [6.45, 7) is 3.76. The van der Waals surface area contributed by atoms with Crippen LogP contribution >= 0.6 is 0 Å². The summed E-state index contributed by atoms with van der Waals surface area (Å²) < 4.78 is 18.1. The quantitative estimate of drug-likeness (QED) is 0.823. The molecule has 1 aromatic carbocycles. The third-order valence-electron chi connectivity index (χ3n) is 3.87. The predicted octanol–water partition coefficient (Wildman–Crippen LogP) is 2.32. The Hall–Kier alpha value is -0.970. The van der Waals surface area contributed by atoms with Crippen LogP contribution in [0, 0.1) is 5.82 Å². The molecule has 19 heavy (non-hydrogen) atoms. The van der Waals surface area contributed by atoms with E-state index in [9.17, 15) is 4.39 Å². The van der Waals surface area contributed by atoms with Gasteiger partial charge in [-0.3, -0.25) is 4.90 Å². The minimum Gasteiger partial charge on any atom is -0.383 e. The highest BCUT2D eigenvalue weighted by molar-refractivity contribution is 5.21. The van der Waals surface area contributed by atoms with Gasteiger partial charge in [0.05, 0.1) is 6.61 Å². The Morgan fingerprint density at radius 3 is 2.53 bits per heavy atom.